The van der Waals surface area contributed by atoms with Crippen LogP contribution in [-0.4, -0.2) is 41.0 Å². The summed E-state index contributed by atoms with van der Waals surface area (Å²) in [5, 5.41) is 12.5. The molecule has 0 fully saturated rings. The van der Waals surface area contributed by atoms with Crippen molar-refractivity contribution in [2.75, 3.05) is 5.32 Å². The average Bonchev–Trinajstić information content (AvgIpc) is 3.52. The van der Waals surface area contributed by atoms with E-state index in [0.717, 1.165) is 55.7 Å². The first-order valence-electron chi connectivity index (χ1n) is 11.9. The smallest absolute Gasteiger partial charge is 0.229 e. The van der Waals surface area contributed by atoms with Crippen LogP contribution >= 0.6 is 0 Å². The Balaban J connectivity index is 1.40. The van der Waals surface area contributed by atoms with Gasteiger partial charge in [-0.2, -0.15) is 5.10 Å². The van der Waals surface area contributed by atoms with E-state index in [1.54, 1.807) is 37.2 Å². The van der Waals surface area contributed by atoms with Crippen LogP contribution in [0.3, 0.4) is 0 Å². The molecule has 0 radical (unpaired) electrons. The van der Waals surface area contributed by atoms with Crippen LogP contribution in [0, 0.1) is 5.41 Å². The third-order valence-electron chi connectivity index (χ3n) is 6.18. The third kappa shape index (κ3) is 4.20. The molecule has 0 aliphatic carbocycles. The number of carbonyl (C=O) groups excluding carboxylic acids is 1. The molecular formula is C28H24N8O. The summed E-state index contributed by atoms with van der Waals surface area (Å²) in [6.07, 6.45) is 10.4. The molecule has 0 bridgehead atoms. The minimum Gasteiger partial charge on any atom is -0.353 e. The number of amides is 1. The van der Waals surface area contributed by atoms with E-state index < -0.39 is 5.41 Å². The lowest BCUT2D eigenvalue weighted by atomic mass is 9.95. The second kappa shape index (κ2) is 8.63. The summed E-state index contributed by atoms with van der Waals surface area (Å²) in [5.41, 5.74) is 6.94. The number of carbonyl (C=O) groups is 1. The van der Waals surface area contributed by atoms with Gasteiger partial charge in [-0.15, -0.1) is 0 Å². The first-order valence-corrected chi connectivity index (χ1v) is 11.9. The SMILES string of the molecule is CC(C)(C)C(=O)Nc1cncc(-c2cc3c(-c4cc5c(-c6ccncc6)nccc5[nH]4)n[nH]c3cn2)c1. The minimum absolute atomic E-state index is 0.0774. The molecule has 9 heteroatoms. The summed E-state index contributed by atoms with van der Waals surface area (Å²) >= 11 is 0. The highest BCUT2D eigenvalue weighted by Crippen LogP contribution is 2.34. The molecule has 0 saturated heterocycles. The van der Waals surface area contributed by atoms with Gasteiger partial charge in [0.1, 0.15) is 5.69 Å². The van der Waals surface area contributed by atoms with Crippen molar-refractivity contribution in [1.29, 1.82) is 0 Å². The quantitative estimate of drug-likeness (QED) is 0.296. The Morgan fingerprint density at radius 1 is 0.811 bits per heavy atom. The van der Waals surface area contributed by atoms with Gasteiger partial charge in [-0.1, -0.05) is 20.8 Å². The van der Waals surface area contributed by atoms with E-state index in [1.165, 1.54) is 0 Å². The number of fused-ring (bicyclic) bond motifs is 2. The van der Waals surface area contributed by atoms with E-state index in [1.807, 2.05) is 51.1 Å². The maximum Gasteiger partial charge on any atom is 0.229 e. The molecule has 0 unspecified atom stereocenters. The molecule has 3 N–H and O–H groups in total. The fraction of sp³-hybridized carbons (Fsp3) is 0.143. The second-order valence-electron chi connectivity index (χ2n) is 9.89. The normalized spacial score (nSPS) is 11.8. The van der Waals surface area contributed by atoms with Crippen molar-refractivity contribution in [3.63, 3.8) is 0 Å². The van der Waals surface area contributed by atoms with Crippen molar-refractivity contribution in [3.05, 3.63) is 73.6 Å². The van der Waals surface area contributed by atoms with Gasteiger partial charge in [0.25, 0.3) is 0 Å². The fourth-order valence-corrected chi connectivity index (χ4v) is 4.17. The number of hydrogen-bond donors (Lipinski definition) is 3. The topological polar surface area (TPSA) is 125 Å². The fourth-order valence-electron chi connectivity index (χ4n) is 4.17. The number of anilines is 1. The summed E-state index contributed by atoms with van der Waals surface area (Å²) in [7, 11) is 0. The van der Waals surface area contributed by atoms with Gasteiger partial charge < -0.3 is 10.3 Å². The molecule has 6 heterocycles. The first kappa shape index (κ1) is 22.5. The molecule has 0 aliphatic heterocycles. The molecule has 0 aliphatic rings. The Labute approximate surface area is 212 Å². The maximum absolute atomic E-state index is 12.4. The van der Waals surface area contributed by atoms with E-state index in [9.17, 15) is 4.79 Å². The van der Waals surface area contributed by atoms with Crippen molar-refractivity contribution in [2.45, 2.75) is 20.8 Å². The van der Waals surface area contributed by atoms with E-state index >= 15 is 0 Å². The summed E-state index contributed by atoms with van der Waals surface area (Å²) in [6.45, 7) is 5.61. The van der Waals surface area contributed by atoms with E-state index in [0.29, 0.717) is 5.69 Å². The zero-order valence-corrected chi connectivity index (χ0v) is 20.6. The Kier molecular flexibility index (Phi) is 5.26. The number of pyridine rings is 4. The number of nitrogens with zero attached hydrogens (tertiary/aromatic N) is 5. The number of rotatable bonds is 4. The molecule has 6 rings (SSSR count). The highest BCUT2D eigenvalue weighted by atomic mass is 16.2. The summed E-state index contributed by atoms with van der Waals surface area (Å²) in [5.74, 6) is -0.0774. The molecule has 6 aromatic heterocycles. The molecular weight excluding hydrogens is 464 g/mol. The molecule has 182 valence electrons. The number of nitrogens with one attached hydrogen (secondary N) is 3. The monoisotopic (exact) mass is 488 g/mol. The molecule has 0 spiro atoms. The molecule has 0 atom stereocenters. The predicted molar refractivity (Wildman–Crippen MR) is 144 cm³/mol. The minimum atomic E-state index is -0.509. The molecule has 1 amide bonds. The van der Waals surface area contributed by atoms with Gasteiger partial charge in [0.2, 0.25) is 5.91 Å². The second-order valence-corrected chi connectivity index (χ2v) is 9.89. The van der Waals surface area contributed by atoms with Crippen LogP contribution in [0.15, 0.2) is 73.6 Å². The maximum atomic E-state index is 12.4. The Hall–Kier alpha value is -4.92. The van der Waals surface area contributed by atoms with Crippen LogP contribution in [0.1, 0.15) is 20.8 Å². The van der Waals surface area contributed by atoms with Crippen LogP contribution in [0.2, 0.25) is 0 Å². The Bertz CT molecular complexity index is 1760. The van der Waals surface area contributed by atoms with Gasteiger partial charge >= 0.3 is 0 Å². The first-order chi connectivity index (χ1) is 17.9. The lowest BCUT2D eigenvalue weighted by Crippen LogP contribution is -2.27. The predicted octanol–water partition coefficient (Wildman–Crippen LogP) is 5.61. The largest absolute Gasteiger partial charge is 0.353 e. The van der Waals surface area contributed by atoms with Crippen LogP contribution < -0.4 is 5.32 Å². The van der Waals surface area contributed by atoms with Gasteiger partial charge in [0.15, 0.2) is 0 Å². The Morgan fingerprint density at radius 2 is 1.62 bits per heavy atom. The van der Waals surface area contributed by atoms with Crippen LogP contribution in [0.5, 0.6) is 0 Å². The number of aromatic amines is 2. The van der Waals surface area contributed by atoms with Crippen molar-refractivity contribution in [3.8, 4) is 33.9 Å². The lowest BCUT2D eigenvalue weighted by Gasteiger charge is -2.17. The van der Waals surface area contributed by atoms with Crippen molar-refractivity contribution < 1.29 is 4.79 Å². The van der Waals surface area contributed by atoms with Crippen LogP contribution in [0.4, 0.5) is 5.69 Å². The number of aromatic nitrogens is 7. The van der Waals surface area contributed by atoms with E-state index in [-0.39, 0.29) is 5.91 Å². The zero-order chi connectivity index (χ0) is 25.6. The van der Waals surface area contributed by atoms with E-state index in [4.69, 9.17) is 0 Å². The number of H-pyrrole nitrogens is 2. The standard InChI is InChI=1S/C28H24N8O/c1-28(2,3)27(37)33-18-10-17(13-30-14-18)22-11-20-24(15-32-22)35-36-26(20)23-12-19-21(34-23)6-9-31-25(19)16-4-7-29-8-5-16/h4-15,34H,1-3H3,(H,33,37)(H,35,36). The van der Waals surface area contributed by atoms with Gasteiger partial charge in [0.05, 0.1) is 40.7 Å². The Morgan fingerprint density at radius 3 is 2.43 bits per heavy atom. The highest BCUT2D eigenvalue weighted by molar-refractivity contribution is 6.00. The molecule has 0 saturated carbocycles. The molecule has 0 aromatic carbocycles. The zero-order valence-electron chi connectivity index (χ0n) is 20.6. The number of hydrogen-bond acceptors (Lipinski definition) is 6. The van der Waals surface area contributed by atoms with Crippen LogP contribution in [0.25, 0.3) is 55.7 Å². The van der Waals surface area contributed by atoms with Crippen LogP contribution in [-0.2, 0) is 4.79 Å². The van der Waals surface area contributed by atoms with Gasteiger partial charge in [0, 0.05) is 57.6 Å². The summed E-state index contributed by atoms with van der Waals surface area (Å²) in [6, 6.07) is 11.8. The highest BCUT2D eigenvalue weighted by Gasteiger charge is 2.21. The van der Waals surface area contributed by atoms with Gasteiger partial charge in [-0.05, 0) is 36.4 Å². The molecule has 9 nitrogen and oxygen atoms in total. The van der Waals surface area contributed by atoms with Gasteiger partial charge in [-0.3, -0.25) is 29.8 Å². The van der Waals surface area contributed by atoms with Gasteiger partial charge in [-0.25, -0.2) is 0 Å². The summed E-state index contributed by atoms with van der Waals surface area (Å²) < 4.78 is 0. The lowest BCUT2D eigenvalue weighted by molar-refractivity contribution is -0.123. The average molecular weight is 489 g/mol. The van der Waals surface area contributed by atoms with Crippen molar-refractivity contribution in [2.24, 2.45) is 5.41 Å². The van der Waals surface area contributed by atoms with E-state index in [2.05, 4.69) is 46.5 Å². The van der Waals surface area contributed by atoms with Crippen molar-refractivity contribution >= 4 is 33.4 Å². The van der Waals surface area contributed by atoms with Crippen molar-refractivity contribution in [1.82, 2.24) is 35.1 Å². The molecule has 6 aromatic rings. The summed E-state index contributed by atoms with van der Waals surface area (Å²) in [4.78, 5) is 33.6. The molecule has 37 heavy (non-hydrogen) atoms. The third-order valence-corrected chi connectivity index (χ3v) is 6.18.